The molecule has 40 heavy (non-hydrogen) atoms. The monoisotopic (exact) mass is 546 g/mol. The third kappa shape index (κ3) is 4.67. The molecule has 0 atom stereocenters. The Bertz CT molecular complexity index is 1690. The Balaban J connectivity index is 1.48. The number of hydrogen-bond donors (Lipinski definition) is 0. The van der Waals surface area contributed by atoms with Crippen molar-refractivity contribution in [2.24, 2.45) is 7.05 Å². The third-order valence-corrected chi connectivity index (χ3v) is 7.52. The number of rotatable bonds is 6. The molecule has 0 unspecified atom stereocenters. The lowest BCUT2D eigenvalue weighted by Gasteiger charge is -2.33. The molecule has 4 heterocycles. The number of benzene rings is 2. The van der Waals surface area contributed by atoms with Crippen LogP contribution in [0.2, 0.25) is 0 Å². The van der Waals surface area contributed by atoms with E-state index in [0.717, 1.165) is 51.0 Å². The van der Waals surface area contributed by atoms with Crippen LogP contribution in [0.15, 0.2) is 61.4 Å². The molecule has 0 spiro atoms. The minimum atomic E-state index is -4.56. The van der Waals surface area contributed by atoms with Crippen molar-refractivity contribution >= 4 is 16.6 Å². The van der Waals surface area contributed by atoms with Gasteiger partial charge in [0.2, 0.25) is 0 Å². The van der Waals surface area contributed by atoms with E-state index in [2.05, 4.69) is 39.0 Å². The lowest BCUT2D eigenvalue weighted by molar-refractivity contribution is -0.140. The van der Waals surface area contributed by atoms with Gasteiger partial charge < -0.3 is 14.2 Å². The van der Waals surface area contributed by atoms with E-state index in [1.54, 1.807) is 25.8 Å². The minimum absolute atomic E-state index is 0.110. The lowest BCUT2D eigenvalue weighted by Crippen LogP contribution is -2.31. The van der Waals surface area contributed by atoms with Crippen molar-refractivity contribution in [3.05, 3.63) is 89.4 Å². The van der Waals surface area contributed by atoms with E-state index in [4.69, 9.17) is 4.74 Å². The average Bonchev–Trinajstić information content (AvgIpc) is 3.60. The highest BCUT2D eigenvalue weighted by atomic mass is 19.4. The van der Waals surface area contributed by atoms with E-state index in [1.807, 2.05) is 29.0 Å². The summed E-state index contributed by atoms with van der Waals surface area (Å²) in [7, 11) is 3.17. The summed E-state index contributed by atoms with van der Waals surface area (Å²) in [5.74, 6) is 0.731. The van der Waals surface area contributed by atoms with Crippen LogP contribution in [0, 0.1) is 0 Å². The van der Waals surface area contributed by atoms with Crippen molar-refractivity contribution in [1.82, 2.24) is 24.3 Å². The smallest absolute Gasteiger partial charge is 0.435 e. The number of hydrogen-bond acceptors (Lipinski definition) is 5. The summed E-state index contributed by atoms with van der Waals surface area (Å²) in [5, 5.41) is 4.79. The van der Waals surface area contributed by atoms with Crippen molar-refractivity contribution in [2.75, 3.05) is 18.6 Å². The van der Waals surface area contributed by atoms with Crippen LogP contribution in [0.3, 0.4) is 0 Å². The summed E-state index contributed by atoms with van der Waals surface area (Å²) in [6, 6.07) is 10.2. The summed E-state index contributed by atoms with van der Waals surface area (Å²) in [6.45, 7) is 3.81. The second kappa shape index (κ2) is 10.0. The summed E-state index contributed by atoms with van der Waals surface area (Å²) >= 11 is 0. The molecule has 10 heteroatoms. The molecule has 0 fully saturated rings. The van der Waals surface area contributed by atoms with Gasteiger partial charge in [0.05, 0.1) is 13.4 Å². The summed E-state index contributed by atoms with van der Waals surface area (Å²) < 4.78 is 50.9. The average molecular weight is 547 g/mol. The van der Waals surface area contributed by atoms with E-state index in [-0.39, 0.29) is 5.56 Å². The molecule has 0 amide bonds. The van der Waals surface area contributed by atoms with Crippen LogP contribution in [0.4, 0.5) is 18.9 Å². The molecule has 206 valence electrons. The van der Waals surface area contributed by atoms with Gasteiger partial charge >= 0.3 is 6.18 Å². The number of anilines is 1. The highest BCUT2D eigenvalue weighted by molar-refractivity contribution is 5.96. The summed E-state index contributed by atoms with van der Waals surface area (Å²) in [5.41, 5.74) is 5.64. The highest BCUT2D eigenvalue weighted by Crippen LogP contribution is 2.41. The molecule has 6 rings (SSSR count). The largest absolute Gasteiger partial charge is 0.494 e. The molecule has 0 radical (unpaired) electrons. The van der Waals surface area contributed by atoms with Gasteiger partial charge in [0.25, 0.3) is 0 Å². The number of ether oxygens (including phenoxy) is 1. The van der Waals surface area contributed by atoms with Crippen LogP contribution in [0.5, 0.6) is 5.75 Å². The van der Waals surface area contributed by atoms with E-state index >= 15 is 0 Å². The number of alkyl halides is 3. The summed E-state index contributed by atoms with van der Waals surface area (Å²) in [6.07, 6.45) is 5.40. The first-order valence-electron chi connectivity index (χ1n) is 13.2. The Hall–Kier alpha value is -4.34. The van der Waals surface area contributed by atoms with Gasteiger partial charge in [0.15, 0.2) is 5.69 Å². The van der Waals surface area contributed by atoms with Crippen LogP contribution in [-0.4, -0.2) is 38.0 Å². The van der Waals surface area contributed by atoms with Gasteiger partial charge in [-0.05, 0) is 64.9 Å². The standard InChI is InChI=1S/C30H29F3N6O/c1-4-19-12-24-26(5-7-35-28(24)27(14-19)40-3)39-9-6-22-21(16-39)11-20(15-38-10-8-34-18-38)13-23(22)25-17-37(2)36-29(25)30(31,32)33/h5,7-8,10-14,17-18H,4,6,9,15-16H2,1-3H3. The molecule has 3 aromatic heterocycles. The Morgan fingerprint density at radius 3 is 2.62 bits per heavy atom. The number of halogens is 3. The zero-order valence-electron chi connectivity index (χ0n) is 22.5. The molecule has 7 nitrogen and oxygen atoms in total. The van der Waals surface area contributed by atoms with E-state index in [0.29, 0.717) is 31.6 Å². The number of methoxy groups -OCH3 is 1. The Morgan fingerprint density at radius 1 is 1.05 bits per heavy atom. The van der Waals surface area contributed by atoms with Gasteiger partial charge in [-0.25, -0.2) is 4.98 Å². The first-order valence-corrected chi connectivity index (χ1v) is 13.2. The van der Waals surface area contributed by atoms with Crippen molar-refractivity contribution < 1.29 is 17.9 Å². The van der Waals surface area contributed by atoms with E-state index in [1.165, 1.54) is 17.9 Å². The molecule has 0 bridgehead atoms. The second-order valence-corrected chi connectivity index (χ2v) is 10.1. The number of aryl methyl sites for hydroxylation is 2. The van der Waals surface area contributed by atoms with Gasteiger partial charge in [0, 0.05) is 68.1 Å². The molecular weight excluding hydrogens is 517 g/mol. The van der Waals surface area contributed by atoms with Gasteiger partial charge in [-0.3, -0.25) is 9.67 Å². The predicted molar refractivity (Wildman–Crippen MR) is 147 cm³/mol. The Labute approximate surface area is 229 Å². The fourth-order valence-corrected chi connectivity index (χ4v) is 5.69. The van der Waals surface area contributed by atoms with Crippen molar-refractivity contribution in [2.45, 2.75) is 39.0 Å². The van der Waals surface area contributed by atoms with Gasteiger partial charge in [-0.1, -0.05) is 13.0 Å². The quantitative estimate of drug-likeness (QED) is 0.260. The highest BCUT2D eigenvalue weighted by Gasteiger charge is 2.38. The predicted octanol–water partition coefficient (Wildman–Crippen LogP) is 6.03. The molecule has 0 saturated carbocycles. The lowest BCUT2D eigenvalue weighted by atomic mass is 9.88. The number of fused-ring (bicyclic) bond motifs is 2. The maximum Gasteiger partial charge on any atom is 0.435 e. The SMILES string of the molecule is CCc1cc(OC)c2nccc(N3CCc4c(cc(Cn5ccnc5)cc4-c4cn(C)nc4C(F)(F)F)C3)c2c1. The molecule has 0 aliphatic carbocycles. The van der Waals surface area contributed by atoms with Crippen LogP contribution >= 0.6 is 0 Å². The second-order valence-electron chi connectivity index (χ2n) is 10.1. The number of nitrogens with zero attached hydrogens (tertiary/aromatic N) is 6. The summed E-state index contributed by atoms with van der Waals surface area (Å²) in [4.78, 5) is 11.0. The fourth-order valence-electron chi connectivity index (χ4n) is 5.69. The van der Waals surface area contributed by atoms with Crippen LogP contribution < -0.4 is 9.64 Å². The molecule has 1 aliphatic rings. The number of imidazole rings is 1. The maximum absolute atomic E-state index is 14.0. The van der Waals surface area contributed by atoms with Crippen molar-refractivity contribution in [3.63, 3.8) is 0 Å². The molecule has 5 aromatic rings. The molecule has 0 N–H and O–H groups in total. The van der Waals surface area contributed by atoms with Crippen LogP contribution in [-0.2, 0) is 39.2 Å². The van der Waals surface area contributed by atoms with E-state index in [9.17, 15) is 13.2 Å². The third-order valence-electron chi connectivity index (χ3n) is 7.52. The Morgan fingerprint density at radius 2 is 1.90 bits per heavy atom. The number of aromatic nitrogens is 5. The fraction of sp³-hybridized carbons (Fsp3) is 0.300. The van der Waals surface area contributed by atoms with Crippen molar-refractivity contribution in [3.8, 4) is 16.9 Å². The van der Waals surface area contributed by atoms with Crippen LogP contribution in [0.25, 0.3) is 22.0 Å². The number of pyridine rings is 1. The normalized spacial score (nSPS) is 13.6. The topological polar surface area (TPSA) is 61.0 Å². The van der Waals surface area contributed by atoms with Crippen molar-refractivity contribution in [1.29, 1.82) is 0 Å². The van der Waals surface area contributed by atoms with Gasteiger partial charge in [-0.2, -0.15) is 18.3 Å². The molecule has 0 saturated heterocycles. The zero-order valence-corrected chi connectivity index (χ0v) is 22.5. The maximum atomic E-state index is 14.0. The molecular formula is C30H29F3N6O. The first-order chi connectivity index (χ1) is 19.2. The van der Waals surface area contributed by atoms with Crippen LogP contribution in [0.1, 0.15) is 34.9 Å². The minimum Gasteiger partial charge on any atom is -0.494 e. The molecule has 1 aliphatic heterocycles. The Kier molecular flexibility index (Phi) is 6.48. The van der Waals surface area contributed by atoms with Gasteiger partial charge in [0.1, 0.15) is 11.3 Å². The molecule has 2 aromatic carbocycles. The van der Waals surface area contributed by atoms with E-state index < -0.39 is 11.9 Å². The zero-order chi connectivity index (χ0) is 28.0. The van der Waals surface area contributed by atoms with Gasteiger partial charge in [-0.15, -0.1) is 0 Å². The first kappa shape index (κ1) is 25.9.